The second-order valence-electron chi connectivity index (χ2n) is 5.02. The highest BCUT2D eigenvalue weighted by atomic mass is 32.1. The summed E-state index contributed by atoms with van der Waals surface area (Å²) in [4.78, 5) is 27.9. The topological polar surface area (TPSA) is 68.3 Å². The van der Waals surface area contributed by atoms with Crippen molar-refractivity contribution in [3.63, 3.8) is 0 Å². The molecule has 0 bridgehead atoms. The van der Waals surface area contributed by atoms with Crippen molar-refractivity contribution in [2.24, 2.45) is 0 Å². The summed E-state index contributed by atoms with van der Waals surface area (Å²) in [6.07, 6.45) is 5.48. The molecule has 0 saturated carbocycles. The molecule has 0 fully saturated rings. The van der Waals surface area contributed by atoms with Crippen LogP contribution in [0.15, 0.2) is 0 Å². The van der Waals surface area contributed by atoms with Gasteiger partial charge in [0.15, 0.2) is 16.6 Å². The number of carbonyl (C=O) groups is 2. The van der Waals surface area contributed by atoms with Gasteiger partial charge in [-0.05, 0) is 12.8 Å². The van der Waals surface area contributed by atoms with Crippen LogP contribution in [0.1, 0.15) is 73.0 Å². The van der Waals surface area contributed by atoms with Gasteiger partial charge in [0.2, 0.25) is 0 Å². The molecule has 21 heavy (non-hydrogen) atoms. The lowest BCUT2D eigenvalue weighted by Gasteiger charge is -2.16. The number of esters is 1. The monoisotopic (exact) mass is 312 g/mol. The Labute approximate surface area is 130 Å². The Morgan fingerprint density at radius 3 is 2.52 bits per heavy atom. The fraction of sp³-hybridized carbons (Fsp3) is 0.667. The minimum absolute atomic E-state index is 0.114. The molecule has 118 valence electrons. The lowest BCUT2D eigenvalue weighted by Crippen LogP contribution is -2.19. The fourth-order valence-corrected chi connectivity index (χ4v) is 3.04. The maximum atomic E-state index is 11.7. The van der Waals surface area contributed by atoms with Crippen molar-refractivity contribution in [2.45, 2.75) is 58.9 Å². The number of ether oxygens (including phenoxy) is 1. The summed E-state index contributed by atoms with van der Waals surface area (Å²) in [6.45, 7) is 5.74. The molecule has 1 heterocycles. The highest BCUT2D eigenvalue weighted by molar-refractivity contribution is 7.17. The second kappa shape index (κ2) is 8.77. The molecule has 0 aliphatic carbocycles. The van der Waals surface area contributed by atoms with Gasteiger partial charge >= 0.3 is 5.97 Å². The normalized spacial score (nSPS) is 12.0. The van der Waals surface area contributed by atoms with Crippen LogP contribution in [0.4, 0.5) is 5.13 Å². The van der Waals surface area contributed by atoms with Crippen LogP contribution in [0.5, 0.6) is 0 Å². The number of rotatable bonds is 9. The predicted molar refractivity (Wildman–Crippen MR) is 85.3 cm³/mol. The van der Waals surface area contributed by atoms with Crippen molar-refractivity contribution in [1.82, 2.24) is 4.98 Å². The summed E-state index contributed by atoms with van der Waals surface area (Å²) in [7, 11) is 1.29. The number of hydrogen-bond acceptors (Lipinski definition) is 6. The average molecular weight is 312 g/mol. The SMILES string of the molecule is CCCCC(CCC)Nc1nc(C(=O)OC)c(C(C)=O)s1. The van der Waals surface area contributed by atoms with E-state index >= 15 is 0 Å². The van der Waals surface area contributed by atoms with E-state index in [1.807, 2.05) is 0 Å². The quantitative estimate of drug-likeness (QED) is 0.553. The average Bonchev–Trinajstić information content (AvgIpc) is 2.88. The highest BCUT2D eigenvalue weighted by Gasteiger charge is 2.22. The molecule has 6 heteroatoms. The number of methoxy groups -OCH3 is 1. The Bertz CT molecular complexity index is 485. The largest absolute Gasteiger partial charge is 0.464 e. The minimum atomic E-state index is -0.565. The Balaban J connectivity index is 2.91. The van der Waals surface area contributed by atoms with E-state index < -0.39 is 5.97 Å². The Hall–Kier alpha value is -1.43. The first kappa shape index (κ1) is 17.6. The molecular weight excluding hydrogens is 288 g/mol. The van der Waals surface area contributed by atoms with Crippen LogP contribution in [0.2, 0.25) is 0 Å². The van der Waals surface area contributed by atoms with Gasteiger partial charge in [-0.15, -0.1) is 0 Å². The van der Waals surface area contributed by atoms with E-state index in [0.29, 0.717) is 16.1 Å². The standard InChI is InChI=1S/C15H24N2O3S/c1-5-7-9-11(8-6-2)16-15-17-12(14(19)20-4)13(21-15)10(3)18/h11H,5-9H2,1-4H3,(H,16,17). The minimum Gasteiger partial charge on any atom is -0.464 e. The Morgan fingerprint density at radius 1 is 1.29 bits per heavy atom. The van der Waals surface area contributed by atoms with E-state index in [1.54, 1.807) is 0 Å². The van der Waals surface area contributed by atoms with Crippen molar-refractivity contribution in [3.05, 3.63) is 10.6 Å². The van der Waals surface area contributed by atoms with E-state index in [0.717, 1.165) is 32.1 Å². The number of nitrogens with one attached hydrogen (secondary N) is 1. The molecule has 0 aliphatic rings. The smallest absolute Gasteiger partial charge is 0.358 e. The molecule has 1 N–H and O–H groups in total. The molecule has 0 saturated heterocycles. The van der Waals surface area contributed by atoms with Gasteiger partial charge in [-0.1, -0.05) is 44.4 Å². The molecule has 0 amide bonds. The van der Waals surface area contributed by atoms with E-state index in [9.17, 15) is 9.59 Å². The molecular formula is C15H24N2O3S. The number of anilines is 1. The number of nitrogens with zero attached hydrogens (tertiary/aromatic N) is 1. The van der Waals surface area contributed by atoms with E-state index in [2.05, 4.69) is 28.9 Å². The lowest BCUT2D eigenvalue weighted by atomic mass is 10.1. The van der Waals surface area contributed by atoms with Crippen molar-refractivity contribution in [3.8, 4) is 0 Å². The van der Waals surface area contributed by atoms with Crippen molar-refractivity contribution < 1.29 is 14.3 Å². The van der Waals surface area contributed by atoms with E-state index in [1.165, 1.54) is 25.4 Å². The number of hydrogen-bond donors (Lipinski definition) is 1. The number of Topliss-reactive ketones (excluding diaryl/α,β-unsaturated/α-hetero) is 1. The van der Waals surface area contributed by atoms with Crippen LogP contribution >= 0.6 is 11.3 Å². The molecule has 1 aromatic rings. The zero-order chi connectivity index (χ0) is 15.8. The predicted octanol–water partition coefficient (Wildman–Crippen LogP) is 3.90. The number of ketones is 1. The van der Waals surface area contributed by atoms with Crippen LogP contribution < -0.4 is 5.32 Å². The first-order valence-electron chi connectivity index (χ1n) is 7.40. The fourth-order valence-electron chi connectivity index (χ4n) is 2.12. The van der Waals surface area contributed by atoms with Crippen LogP contribution in [0.3, 0.4) is 0 Å². The van der Waals surface area contributed by atoms with Crippen molar-refractivity contribution in [1.29, 1.82) is 0 Å². The molecule has 1 rings (SSSR count). The zero-order valence-electron chi connectivity index (χ0n) is 13.2. The van der Waals surface area contributed by atoms with Gasteiger partial charge in [0, 0.05) is 13.0 Å². The van der Waals surface area contributed by atoms with Crippen LogP contribution in [0, 0.1) is 0 Å². The third-order valence-corrected chi connectivity index (χ3v) is 4.28. The molecule has 0 aliphatic heterocycles. The summed E-state index contributed by atoms with van der Waals surface area (Å²) < 4.78 is 4.68. The first-order valence-corrected chi connectivity index (χ1v) is 8.21. The zero-order valence-corrected chi connectivity index (χ0v) is 14.0. The third-order valence-electron chi connectivity index (χ3n) is 3.20. The summed E-state index contributed by atoms with van der Waals surface area (Å²) in [5, 5.41) is 3.98. The summed E-state index contributed by atoms with van der Waals surface area (Å²) in [5.74, 6) is -0.730. The number of aromatic nitrogens is 1. The van der Waals surface area contributed by atoms with Crippen molar-refractivity contribution >= 4 is 28.2 Å². The number of unbranched alkanes of at least 4 members (excludes halogenated alkanes) is 1. The second-order valence-corrected chi connectivity index (χ2v) is 6.02. The van der Waals surface area contributed by atoms with Gasteiger partial charge in [-0.3, -0.25) is 4.79 Å². The summed E-state index contributed by atoms with van der Waals surface area (Å²) in [6, 6.07) is 0.325. The van der Waals surface area contributed by atoms with E-state index in [4.69, 9.17) is 0 Å². The molecule has 5 nitrogen and oxygen atoms in total. The van der Waals surface area contributed by atoms with Gasteiger partial charge < -0.3 is 10.1 Å². The van der Waals surface area contributed by atoms with Gasteiger partial charge in [0.05, 0.1) is 7.11 Å². The third kappa shape index (κ3) is 5.12. The molecule has 1 aromatic heterocycles. The van der Waals surface area contributed by atoms with Gasteiger partial charge in [-0.25, -0.2) is 9.78 Å². The molecule has 1 atom stereocenters. The Kier molecular flexibility index (Phi) is 7.36. The molecule has 0 radical (unpaired) electrons. The van der Waals surface area contributed by atoms with Crippen LogP contribution in [-0.2, 0) is 4.74 Å². The maximum Gasteiger partial charge on any atom is 0.358 e. The van der Waals surface area contributed by atoms with Crippen LogP contribution in [-0.4, -0.2) is 29.9 Å². The highest BCUT2D eigenvalue weighted by Crippen LogP contribution is 2.26. The molecule has 1 unspecified atom stereocenters. The Morgan fingerprint density at radius 2 is 2.00 bits per heavy atom. The van der Waals surface area contributed by atoms with Crippen LogP contribution in [0.25, 0.3) is 0 Å². The number of thiazole rings is 1. The van der Waals surface area contributed by atoms with E-state index in [-0.39, 0.29) is 11.5 Å². The van der Waals surface area contributed by atoms with Gasteiger partial charge in [0.1, 0.15) is 4.88 Å². The molecule has 0 spiro atoms. The van der Waals surface area contributed by atoms with Crippen molar-refractivity contribution in [2.75, 3.05) is 12.4 Å². The van der Waals surface area contributed by atoms with Gasteiger partial charge in [0.25, 0.3) is 0 Å². The maximum absolute atomic E-state index is 11.7. The summed E-state index contributed by atoms with van der Waals surface area (Å²) in [5.41, 5.74) is 0.114. The molecule has 0 aromatic carbocycles. The van der Waals surface area contributed by atoms with Gasteiger partial charge in [-0.2, -0.15) is 0 Å². The first-order chi connectivity index (χ1) is 10.0. The lowest BCUT2D eigenvalue weighted by molar-refractivity contribution is 0.0591. The number of carbonyl (C=O) groups excluding carboxylic acids is 2. The summed E-state index contributed by atoms with van der Waals surface area (Å²) >= 11 is 1.23.